The third kappa shape index (κ3) is 4.49. The van der Waals surface area contributed by atoms with Crippen molar-refractivity contribution >= 4 is 21.6 Å². The maximum absolute atomic E-state index is 14.1. The number of hydrogen-bond donors (Lipinski definition) is 3. The van der Waals surface area contributed by atoms with Crippen LogP contribution in [0.3, 0.4) is 0 Å². The molecule has 3 rings (SSSR count). The molecular formula is C16H24FN3O2S2. The summed E-state index contributed by atoms with van der Waals surface area (Å²) in [5.41, 5.74) is 0.948. The summed E-state index contributed by atoms with van der Waals surface area (Å²) in [5, 5.41) is 10.0. The molecular weight excluding hydrogens is 349 g/mol. The van der Waals surface area contributed by atoms with Gasteiger partial charge in [-0.2, -0.15) is 11.8 Å². The molecule has 0 aromatic heterocycles. The monoisotopic (exact) mass is 373 g/mol. The minimum Gasteiger partial charge on any atom is -0.297 e. The third-order valence-corrected chi connectivity index (χ3v) is 7.02. The highest BCUT2D eigenvalue weighted by Crippen LogP contribution is 2.26. The molecule has 4 unspecified atom stereocenters. The van der Waals surface area contributed by atoms with Crippen molar-refractivity contribution in [2.75, 3.05) is 25.1 Å². The lowest BCUT2D eigenvalue weighted by Gasteiger charge is -2.35. The molecule has 2 heterocycles. The summed E-state index contributed by atoms with van der Waals surface area (Å²) < 4.78 is 37.2. The minimum atomic E-state index is -3.20. The molecule has 8 heteroatoms. The third-order valence-electron chi connectivity index (χ3n) is 4.49. The Labute approximate surface area is 147 Å². The zero-order chi connectivity index (χ0) is 17.2. The fourth-order valence-corrected chi connectivity index (χ4v) is 4.94. The summed E-state index contributed by atoms with van der Waals surface area (Å²) >= 11 is 1.94. The number of nitrogens with one attached hydrogen (secondary N) is 3. The second kappa shape index (κ2) is 7.70. The summed E-state index contributed by atoms with van der Waals surface area (Å²) in [4.78, 5) is 0.298. The van der Waals surface area contributed by atoms with Gasteiger partial charge < -0.3 is 0 Å². The molecule has 2 saturated heterocycles. The second-order valence-electron chi connectivity index (χ2n) is 6.39. The van der Waals surface area contributed by atoms with Gasteiger partial charge in [-0.25, -0.2) is 12.8 Å². The lowest BCUT2D eigenvalue weighted by Crippen LogP contribution is -2.62. The molecule has 0 bridgehead atoms. The highest BCUT2D eigenvalue weighted by Gasteiger charge is 2.30. The second-order valence-corrected chi connectivity index (χ2v) is 9.82. The van der Waals surface area contributed by atoms with Crippen LogP contribution in [0, 0.1) is 0 Å². The Balaban J connectivity index is 1.61. The molecule has 0 spiro atoms. The van der Waals surface area contributed by atoms with Crippen molar-refractivity contribution in [1.29, 1.82) is 0 Å². The predicted octanol–water partition coefficient (Wildman–Crippen LogP) is 1.43. The van der Waals surface area contributed by atoms with Crippen LogP contribution in [0.15, 0.2) is 29.2 Å². The first-order valence-electron chi connectivity index (χ1n) is 8.22. The summed E-state index contributed by atoms with van der Waals surface area (Å²) in [5.74, 6) is 1.19. The topological polar surface area (TPSA) is 70.2 Å². The van der Waals surface area contributed by atoms with Crippen LogP contribution in [-0.4, -0.2) is 51.2 Å². The number of piperazine rings is 1. The zero-order valence-electron chi connectivity index (χ0n) is 13.7. The van der Waals surface area contributed by atoms with Crippen LogP contribution in [0.5, 0.6) is 0 Å². The van der Waals surface area contributed by atoms with E-state index in [9.17, 15) is 12.8 Å². The Morgan fingerprint density at radius 1 is 1.33 bits per heavy atom. The van der Waals surface area contributed by atoms with Gasteiger partial charge in [0, 0.05) is 30.6 Å². The van der Waals surface area contributed by atoms with Gasteiger partial charge >= 0.3 is 0 Å². The smallest absolute Gasteiger partial charge is 0.179 e. The van der Waals surface area contributed by atoms with Crippen molar-refractivity contribution in [3.63, 3.8) is 0 Å². The van der Waals surface area contributed by atoms with Crippen LogP contribution in [0.4, 0.5) is 4.39 Å². The predicted molar refractivity (Wildman–Crippen MR) is 95.6 cm³/mol. The van der Waals surface area contributed by atoms with Crippen LogP contribution in [0.25, 0.3) is 0 Å². The number of sulfone groups is 1. The average Bonchev–Trinajstić information content (AvgIpc) is 3.07. The number of benzene rings is 1. The molecule has 2 fully saturated rings. The highest BCUT2D eigenvalue weighted by molar-refractivity contribution is 8.00. The Morgan fingerprint density at radius 2 is 2.08 bits per heavy atom. The molecule has 2 aliphatic heterocycles. The van der Waals surface area contributed by atoms with Crippen LogP contribution in [0.2, 0.25) is 0 Å². The summed E-state index contributed by atoms with van der Waals surface area (Å²) in [6.07, 6.45) is 2.03. The van der Waals surface area contributed by atoms with Crippen molar-refractivity contribution in [1.82, 2.24) is 16.0 Å². The first kappa shape index (κ1) is 18.1. The van der Waals surface area contributed by atoms with E-state index >= 15 is 0 Å². The van der Waals surface area contributed by atoms with Gasteiger partial charge in [-0.1, -0.05) is 12.1 Å². The lowest BCUT2D eigenvalue weighted by atomic mass is 10.0. The molecule has 0 aliphatic carbocycles. The molecule has 4 atom stereocenters. The molecule has 0 saturated carbocycles. The van der Waals surface area contributed by atoms with E-state index in [-0.39, 0.29) is 6.04 Å². The maximum atomic E-state index is 14.1. The van der Waals surface area contributed by atoms with Crippen LogP contribution >= 0.6 is 11.8 Å². The molecule has 3 N–H and O–H groups in total. The van der Waals surface area contributed by atoms with E-state index < -0.39 is 22.3 Å². The van der Waals surface area contributed by atoms with E-state index in [1.165, 1.54) is 24.9 Å². The Bertz CT molecular complexity index is 648. The molecule has 0 amide bonds. The Kier molecular flexibility index (Phi) is 5.82. The van der Waals surface area contributed by atoms with Gasteiger partial charge in [0.1, 0.15) is 6.17 Å². The average molecular weight is 374 g/mol. The van der Waals surface area contributed by atoms with Crippen molar-refractivity contribution in [2.45, 2.75) is 41.5 Å². The van der Waals surface area contributed by atoms with Gasteiger partial charge in [0.05, 0.1) is 4.90 Å². The van der Waals surface area contributed by atoms with Crippen molar-refractivity contribution in [3.05, 3.63) is 29.8 Å². The fraction of sp³-hybridized carbons (Fsp3) is 0.625. The van der Waals surface area contributed by atoms with E-state index in [1.807, 2.05) is 11.8 Å². The van der Waals surface area contributed by atoms with Crippen LogP contribution in [-0.2, 0) is 9.84 Å². The molecule has 5 nitrogen and oxygen atoms in total. The molecule has 134 valence electrons. The first-order valence-corrected chi connectivity index (χ1v) is 11.2. The van der Waals surface area contributed by atoms with Gasteiger partial charge in [0.2, 0.25) is 0 Å². The van der Waals surface area contributed by atoms with Crippen molar-refractivity contribution in [2.24, 2.45) is 0 Å². The van der Waals surface area contributed by atoms with Crippen molar-refractivity contribution < 1.29 is 12.8 Å². The standard InChI is InChI=1S/C16H24FN3O2S2/c1-24(21,22)13-6-4-11(5-7-13)14-10-18-15(17)16(20-14)19-9-12-3-2-8-23-12/h4-7,12,14-16,18-20H,2-3,8-10H2,1H3. The molecule has 2 aliphatic rings. The van der Waals surface area contributed by atoms with E-state index in [4.69, 9.17) is 0 Å². The van der Waals surface area contributed by atoms with Crippen LogP contribution < -0.4 is 16.0 Å². The number of rotatable bonds is 5. The SMILES string of the molecule is CS(=O)(=O)c1ccc(C2CNC(F)C(NCC3CCCS3)N2)cc1. The Morgan fingerprint density at radius 3 is 2.71 bits per heavy atom. The quantitative estimate of drug-likeness (QED) is 0.679. The number of hydrogen-bond acceptors (Lipinski definition) is 6. The molecule has 1 aromatic rings. The van der Waals surface area contributed by atoms with E-state index in [2.05, 4.69) is 16.0 Å². The van der Waals surface area contributed by atoms with Crippen LogP contribution in [0.1, 0.15) is 24.4 Å². The van der Waals surface area contributed by atoms with Gasteiger partial charge in [0.15, 0.2) is 16.1 Å². The van der Waals surface area contributed by atoms with Crippen molar-refractivity contribution in [3.8, 4) is 0 Å². The minimum absolute atomic E-state index is 0.0562. The largest absolute Gasteiger partial charge is 0.297 e. The fourth-order valence-electron chi connectivity index (χ4n) is 3.10. The molecule has 1 aromatic carbocycles. The number of halogens is 1. The zero-order valence-corrected chi connectivity index (χ0v) is 15.3. The molecule has 0 radical (unpaired) electrons. The normalized spacial score (nSPS) is 31.2. The van der Waals surface area contributed by atoms with E-state index in [1.54, 1.807) is 24.3 Å². The summed E-state index contributed by atoms with van der Waals surface area (Å²) in [6, 6.07) is 6.73. The first-order chi connectivity index (χ1) is 11.4. The van der Waals surface area contributed by atoms with Gasteiger partial charge in [-0.05, 0) is 36.3 Å². The van der Waals surface area contributed by atoms with Gasteiger partial charge in [-0.15, -0.1) is 0 Å². The summed E-state index contributed by atoms with van der Waals surface area (Å²) in [6.45, 7) is 1.26. The number of thioether (sulfide) groups is 1. The Hall–Kier alpha value is -0.670. The van der Waals surface area contributed by atoms with E-state index in [0.29, 0.717) is 16.7 Å². The lowest BCUT2D eigenvalue weighted by molar-refractivity contribution is 0.127. The summed E-state index contributed by atoms with van der Waals surface area (Å²) in [7, 11) is -3.20. The highest BCUT2D eigenvalue weighted by atomic mass is 32.2. The van der Waals surface area contributed by atoms with Gasteiger partial charge in [0.25, 0.3) is 0 Å². The molecule has 24 heavy (non-hydrogen) atoms. The maximum Gasteiger partial charge on any atom is 0.179 e. The number of alkyl halides is 1. The van der Waals surface area contributed by atoms with E-state index in [0.717, 1.165) is 12.1 Å². The van der Waals surface area contributed by atoms with Gasteiger partial charge in [-0.3, -0.25) is 16.0 Å².